The Hall–Kier alpha value is -1.81. The first-order valence-electron chi connectivity index (χ1n) is 5.35. The highest BCUT2D eigenvalue weighted by Crippen LogP contribution is 2.13. The molecule has 2 rings (SSSR count). The lowest BCUT2D eigenvalue weighted by atomic mass is 10.1. The minimum absolute atomic E-state index is 0.152. The van der Waals surface area contributed by atoms with Gasteiger partial charge in [0.1, 0.15) is 5.82 Å². The van der Waals surface area contributed by atoms with Crippen molar-refractivity contribution in [3.63, 3.8) is 0 Å². The highest BCUT2D eigenvalue weighted by molar-refractivity contribution is 6.29. The minimum atomic E-state index is -0.358. The van der Waals surface area contributed by atoms with Gasteiger partial charge in [0.25, 0.3) is 5.91 Å². The van der Waals surface area contributed by atoms with E-state index in [0.717, 1.165) is 5.56 Å². The first-order chi connectivity index (χ1) is 8.56. The number of furan rings is 1. The summed E-state index contributed by atoms with van der Waals surface area (Å²) < 4.78 is 18.0. The van der Waals surface area contributed by atoms with Crippen LogP contribution in [0.25, 0.3) is 0 Å². The van der Waals surface area contributed by atoms with Crippen LogP contribution in [0, 0.1) is 12.7 Å². The topological polar surface area (TPSA) is 42.2 Å². The Bertz CT molecular complexity index is 580. The van der Waals surface area contributed by atoms with Crippen LogP contribution in [0.2, 0.25) is 5.22 Å². The van der Waals surface area contributed by atoms with Crippen LogP contribution < -0.4 is 5.32 Å². The van der Waals surface area contributed by atoms with Crippen LogP contribution in [0.5, 0.6) is 0 Å². The lowest BCUT2D eigenvalue weighted by Gasteiger charge is -2.05. The predicted molar refractivity (Wildman–Crippen MR) is 66.0 cm³/mol. The van der Waals surface area contributed by atoms with E-state index in [1.807, 2.05) is 0 Å². The van der Waals surface area contributed by atoms with Gasteiger partial charge in [-0.15, -0.1) is 0 Å². The van der Waals surface area contributed by atoms with Gasteiger partial charge in [0.15, 0.2) is 11.0 Å². The largest absolute Gasteiger partial charge is 0.440 e. The predicted octanol–water partition coefficient (Wildman–Crippen LogP) is 3.31. The molecule has 1 N–H and O–H groups in total. The minimum Gasteiger partial charge on any atom is -0.440 e. The number of benzene rings is 1. The summed E-state index contributed by atoms with van der Waals surface area (Å²) in [6.07, 6.45) is 0. The van der Waals surface area contributed by atoms with Crippen molar-refractivity contribution < 1.29 is 13.6 Å². The SMILES string of the molecule is Cc1cc(CNC(=O)c2ccc(Cl)o2)ccc1F. The first kappa shape index (κ1) is 12.6. The second kappa shape index (κ2) is 5.23. The Balaban J connectivity index is 1.99. The fraction of sp³-hybridized carbons (Fsp3) is 0.154. The van der Waals surface area contributed by atoms with E-state index in [4.69, 9.17) is 16.0 Å². The summed E-state index contributed by atoms with van der Waals surface area (Å²) in [6.45, 7) is 1.98. The van der Waals surface area contributed by atoms with E-state index in [9.17, 15) is 9.18 Å². The molecule has 0 saturated heterocycles. The molecule has 5 heteroatoms. The van der Waals surface area contributed by atoms with Crippen LogP contribution in [0.4, 0.5) is 4.39 Å². The Labute approximate surface area is 109 Å². The summed E-state index contributed by atoms with van der Waals surface area (Å²) in [4.78, 5) is 11.6. The number of hydrogen-bond donors (Lipinski definition) is 1. The van der Waals surface area contributed by atoms with E-state index < -0.39 is 0 Å². The summed E-state index contributed by atoms with van der Waals surface area (Å²) >= 11 is 5.57. The molecule has 0 aliphatic carbocycles. The summed E-state index contributed by atoms with van der Waals surface area (Å²) in [6, 6.07) is 7.68. The molecule has 0 aliphatic rings. The van der Waals surface area contributed by atoms with Crippen LogP contribution in [0.3, 0.4) is 0 Å². The third kappa shape index (κ3) is 2.90. The Kier molecular flexibility index (Phi) is 3.67. The average molecular weight is 268 g/mol. The molecular weight excluding hydrogens is 257 g/mol. The van der Waals surface area contributed by atoms with E-state index in [1.165, 1.54) is 18.2 Å². The molecular formula is C13H11ClFNO2. The molecule has 18 heavy (non-hydrogen) atoms. The number of aryl methyl sites for hydroxylation is 1. The molecule has 0 fully saturated rings. The standard InChI is InChI=1S/C13H11ClFNO2/c1-8-6-9(2-3-10(8)15)7-16-13(17)11-4-5-12(14)18-11/h2-6H,7H2,1H3,(H,16,17). The molecule has 2 aromatic rings. The summed E-state index contributed by atoms with van der Waals surface area (Å²) in [7, 11) is 0. The number of rotatable bonds is 3. The molecule has 1 amide bonds. The quantitative estimate of drug-likeness (QED) is 0.927. The first-order valence-corrected chi connectivity index (χ1v) is 5.72. The molecule has 0 atom stereocenters. The van der Waals surface area contributed by atoms with Crippen LogP contribution in [0.15, 0.2) is 34.7 Å². The molecule has 0 spiro atoms. The fourth-order valence-corrected chi connectivity index (χ4v) is 1.67. The molecule has 0 bridgehead atoms. The van der Waals surface area contributed by atoms with Gasteiger partial charge >= 0.3 is 0 Å². The van der Waals surface area contributed by atoms with Gasteiger partial charge in [-0.2, -0.15) is 0 Å². The molecule has 1 aromatic carbocycles. The second-order valence-corrected chi connectivity index (χ2v) is 4.24. The van der Waals surface area contributed by atoms with Crippen LogP contribution in [-0.4, -0.2) is 5.91 Å². The zero-order valence-electron chi connectivity index (χ0n) is 9.67. The highest BCUT2D eigenvalue weighted by atomic mass is 35.5. The average Bonchev–Trinajstić information content (AvgIpc) is 2.77. The maximum atomic E-state index is 13.0. The smallest absolute Gasteiger partial charge is 0.287 e. The van der Waals surface area contributed by atoms with Crippen molar-refractivity contribution in [3.05, 3.63) is 58.3 Å². The number of nitrogens with one attached hydrogen (secondary N) is 1. The number of carbonyl (C=O) groups is 1. The van der Waals surface area contributed by atoms with E-state index in [-0.39, 0.29) is 22.7 Å². The van der Waals surface area contributed by atoms with Gasteiger partial charge in [-0.3, -0.25) is 4.79 Å². The fourth-order valence-electron chi connectivity index (χ4n) is 1.52. The highest BCUT2D eigenvalue weighted by Gasteiger charge is 2.10. The maximum Gasteiger partial charge on any atom is 0.287 e. The van der Waals surface area contributed by atoms with Gasteiger partial charge in [-0.1, -0.05) is 12.1 Å². The molecule has 0 saturated carbocycles. The van der Waals surface area contributed by atoms with Crippen molar-refractivity contribution >= 4 is 17.5 Å². The number of amides is 1. The summed E-state index contributed by atoms with van der Waals surface area (Å²) in [5, 5.41) is 2.83. The van der Waals surface area contributed by atoms with Gasteiger partial charge in [0, 0.05) is 6.54 Å². The zero-order valence-corrected chi connectivity index (χ0v) is 10.4. The lowest BCUT2D eigenvalue weighted by Crippen LogP contribution is -2.22. The van der Waals surface area contributed by atoms with Crippen molar-refractivity contribution in [2.45, 2.75) is 13.5 Å². The molecule has 0 unspecified atom stereocenters. The number of halogens is 2. The molecule has 1 aromatic heterocycles. The van der Waals surface area contributed by atoms with Crippen LogP contribution in [-0.2, 0) is 6.54 Å². The van der Waals surface area contributed by atoms with Gasteiger partial charge in [0.2, 0.25) is 0 Å². The molecule has 3 nitrogen and oxygen atoms in total. The van der Waals surface area contributed by atoms with Crippen LogP contribution in [0.1, 0.15) is 21.7 Å². The Morgan fingerprint density at radius 3 is 2.78 bits per heavy atom. The molecule has 0 aliphatic heterocycles. The zero-order chi connectivity index (χ0) is 13.1. The van der Waals surface area contributed by atoms with Crippen molar-refractivity contribution in [2.75, 3.05) is 0 Å². The van der Waals surface area contributed by atoms with E-state index >= 15 is 0 Å². The van der Waals surface area contributed by atoms with Crippen molar-refractivity contribution in [2.24, 2.45) is 0 Å². The monoisotopic (exact) mass is 267 g/mol. The van der Waals surface area contributed by atoms with E-state index in [0.29, 0.717) is 12.1 Å². The van der Waals surface area contributed by atoms with Gasteiger partial charge in [0.05, 0.1) is 0 Å². The summed E-state index contributed by atoms with van der Waals surface area (Å²) in [5.41, 5.74) is 1.36. The third-order valence-electron chi connectivity index (χ3n) is 2.47. The number of carbonyl (C=O) groups excluding carboxylic acids is 1. The summed E-state index contributed by atoms with van der Waals surface area (Å²) in [5.74, 6) is -0.467. The van der Waals surface area contributed by atoms with Crippen molar-refractivity contribution in [1.82, 2.24) is 5.32 Å². The second-order valence-electron chi connectivity index (χ2n) is 3.87. The normalized spacial score (nSPS) is 10.4. The van der Waals surface area contributed by atoms with E-state index in [2.05, 4.69) is 5.32 Å². The molecule has 94 valence electrons. The molecule has 1 heterocycles. The van der Waals surface area contributed by atoms with Gasteiger partial charge < -0.3 is 9.73 Å². The van der Waals surface area contributed by atoms with Crippen molar-refractivity contribution in [1.29, 1.82) is 0 Å². The van der Waals surface area contributed by atoms with Gasteiger partial charge in [-0.25, -0.2) is 4.39 Å². The van der Waals surface area contributed by atoms with E-state index in [1.54, 1.807) is 19.1 Å². The maximum absolute atomic E-state index is 13.0. The van der Waals surface area contributed by atoms with Crippen molar-refractivity contribution in [3.8, 4) is 0 Å². The molecule has 0 radical (unpaired) electrons. The van der Waals surface area contributed by atoms with Gasteiger partial charge in [-0.05, 0) is 47.9 Å². The van der Waals surface area contributed by atoms with Crippen LogP contribution >= 0.6 is 11.6 Å². The lowest BCUT2D eigenvalue weighted by molar-refractivity contribution is 0.0923. The number of hydrogen-bond acceptors (Lipinski definition) is 2. The Morgan fingerprint density at radius 1 is 1.39 bits per heavy atom. The Morgan fingerprint density at radius 2 is 2.17 bits per heavy atom. The third-order valence-corrected chi connectivity index (χ3v) is 2.68.